The smallest absolute Gasteiger partial charge is 0.248 e. The molecule has 3 aliphatic rings. The standard InChI is InChI=1S/C33H47N3O5/c1-4-7-13-22-34(20-5-2)32(40)29-33-19-18-26(41-33)27(28(33)31(39)36(29)23-14-8-9-15-24-37)30(38)35(21-6-3)25-16-11-10-12-17-25/h5-6,10-12,16-17,26-29,37H,2-4,7-9,13-15,18-24H2,1H3/t26-,27+,28-,29?,33?/m0/s1. The second-order valence-electron chi connectivity index (χ2n) is 11.6. The minimum atomic E-state index is -1.01. The van der Waals surface area contributed by atoms with E-state index in [4.69, 9.17) is 4.74 Å². The maximum absolute atomic E-state index is 14.3. The number of amides is 3. The summed E-state index contributed by atoms with van der Waals surface area (Å²) in [5, 5.41) is 9.18. The van der Waals surface area contributed by atoms with Crippen molar-refractivity contribution in [2.75, 3.05) is 37.7 Å². The number of unbranched alkanes of at least 4 members (excludes halogenated alkanes) is 5. The number of aliphatic hydroxyl groups is 1. The highest BCUT2D eigenvalue weighted by Gasteiger charge is 2.74. The summed E-state index contributed by atoms with van der Waals surface area (Å²) in [5.74, 6) is -1.75. The molecule has 0 aromatic heterocycles. The number of rotatable bonds is 17. The highest BCUT2D eigenvalue weighted by molar-refractivity contribution is 6.03. The number of hydrogen-bond acceptors (Lipinski definition) is 5. The summed E-state index contributed by atoms with van der Waals surface area (Å²) in [6.45, 7) is 11.8. The summed E-state index contributed by atoms with van der Waals surface area (Å²) in [5.41, 5.74) is -0.258. The van der Waals surface area contributed by atoms with Crippen LogP contribution in [0.25, 0.3) is 0 Å². The Kier molecular flexibility index (Phi) is 10.8. The molecule has 4 rings (SSSR count). The van der Waals surface area contributed by atoms with E-state index >= 15 is 0 Å². The average Bonchev–Trinajstić information content (AvgIpc) is 3.62. The second kappa shape index (κ2) is 14.3. The number of ether oxygens (including phenoxy) is 1. The minimum Gasteiger partial charge on any atom is -0.396 e. The molecule has 3 saturated heterocycles. The maximum atomic E-state index is 14.3. The predicted octanol–water partition coefficient (Wildman–Crippen LogP) is 4.34. The summed E-state index contributed by atoms with van der Waals surface area (Å²) in [7, 11) is 0. The lowest BCUT2D eigenvalue weighted by Crippen LogP contribution is -2.56. The minimum absolute atomic E-state index is 0.105. The lowest BCUT2D eigenvalue weighted by molar-refractivity contribution is -0.147. The molecule has 3 fully saturated rings. The third-order valence-electron chi connectivity index (χ3n) is 8.96. The van der Waals surface area contributed by atoms with Gasteiger partial charge in [0.1, 0.15) is 11.6 Å². The summed E-state index contributed by atoms with van der Waals surface area (Å²) in [6, 6.07) is 8.69. The number of benzene rings is 1. The van der Waals surface area contributed by atoms with Crippen LogP contribution in [-0.4, -0.2) is 83.2 Å². The molecule has 8 heteroatoms. The second-order valence-corrected chi connectivity index (χ2v) is 11.6. The third-order valence-corrected chi connectivity index (χ3v) is 8.96. The molecular formula is C33H47N3O5. The maximum Gasteiger partial charge on any atom is 0.248 e. The van der Waals surface area contributed by atoms with Gasteiger partial charge in [-0.05, 0) is 44.2 Å². The van der Waals surface area contributed by atoms with Gasteiger partial charge in [0.2, 0.25) is 17.7 Å². The molecule has 2 bridgehead atoms. The average molecular weight is 566 g/mol. The van der Waals surface area contributed by atoms with Gasteiger partial charge in [-0.2, -0.15) is 0 Å². The van der Waals surface area contributed by atoms with Crippen LogP contribution in [0.3, 0.4) is 0 Å². The molecule has 1 N–H and O–H groups in total. The van der Waals surface area contributed by atoms with Gasteiger partial charge in [0, 0.05) is 38.5 Å². The van der Waals surface area contributed by atoms with E-state index in [9.17, 15) is 19.5 Å². The molecule has 0 radical (unpaired) electrons. The summed E-state index contributed by atoms with van der Waals surface area (Å²) < 4.78 is 6.67. The SMILES string of the molecule is C=CCN(CCCCC)C(=O)C1N(CCCCCCO)C(=O)[C@@H]2[C@H](C(=O)N(CC=C)c3ccccc3)[C@@H]3CCC12O3. The van der Waals surface area contributed by atoms with Gasteiger partial charge in [-0.25, -0.2) is 0 Å². The predicted molar refractivity (Wildman–Crippen MR) is 160 cm³/mol. The highest BCUT2D eigenvalue weighted by atomic mass is 16.5. The zero-order chi connectivity index (χ0) is 29.4. The van der Waals surface area contributed by atoms with Gasteiger partial charge in [-0.3, -0.25) is 14.4 Å². The molecule has 0 saturated carbocycles. The van der Waals surface area contributed by atoms with Crippen molar-refractivity contribution < 1.29 is 24.2 Å². The fourth-order valence-corrected chi connectivity index (χ4v) is 7.11. The van der Waals surface area contributed by atoms with Crippen molar-refractivity contribution in [1.29, 1.82) is 0 Å². The number of nitrogens with zero attached hydrogens (tertiary/aromatic N) is 3. The van der Waals surface area contributed by atoms with Gasteiger partial charge in [0.15, 0.2) is 0 Å². The van der Waals surface area contributed by atoms with Crippen LogP contribution in [-0.2, 0) is 19.1 Å². The molecule has 1 aromatic carbocycles. The first-order valence-corrected chi connectivity index (χ1v) is 15.4. The fraction of sp³-hybridized carbons (Fsp3) is 0.606. The number of hydrogen-bond donors (Lipinski definition) is 1. The molecule has 41 heavy (non-hydrogen) atoms. The van der Waals surface area contributed by atoms with Crippen molar-refractivity contribution in [3.8, 4) is 0 Å². The van der Waals surface area contributed by atoms with Crippen LogP contribution >= 0.6 is 0 Å². The topological polar surface area (TPSA) is 90.4 Å². The lowest BCUT2D eigenvalue weighted by Gasteiger charge is -2.37. The van der Waals surface area contributed by atoms with Gasteiger partial charge in [0.05, 0.1) is 17.9 Å². The van der Waals surface area contributed by atoms with Gasteiger partial charge in [-0.15, -0.1) is 13.2 Å². The highest BCUT2D eigenvalue weighted by Crippen LogP contribution is 2.59. The van der Waals surface area contributed by atoms with Crippen LogP contribution in [0, 0.1) is 11.8 Å². The van der Waals surface area contributed by atoms with Crippen LogP contribution in [0.5, 0.6) is 0 Å². The first kappa shape index (κ1) is 31.0. The lowest BCUT2D eigenvalue weighted by atomic mass is 9.70. The van der Waals surface area contributed by atoms with Crippen molar-refractivity contribution in [2.24, 2.45) is 11.8 Å². The summed E-state index contributed by atoms with van der Waals surface area (Å²) in [6.07, 6.45) is 10.3. The Morgan fingerprint density at radius 3 is 2.46 bits per heavy atom. The van der Waals surface area contributed by atoms with Crippen LogP contribution in [0.15, 0.2) is 55.6 Å². The largest absolute Gasteiger partial charge is 0.396 e. The Bertz CT molecular complexity index is 1080. The van der Waals surface area contributed by atoms with Gasteiger partial charge < -0.3 is 24.5 Å². The van der Waals surface area contributed by atoms with E-state index in [-0.39, 0.29) is 24.3 Å². The quantitative estimate of drug-likeness (QED) is 0.224. The number of fused-ring (bicyclic) bond motifs is 1. The Hall–Kier alpha value is -2.97. The number of aliphatic hydroxyl groups excluding tert-OH is 1. The van der Waals surface area contributed by atoms with Crippen LogP contribution in [0.1, 0.15) is 64.7 Å². The van der Waals surface area contributed by atoms with E-state index in [0.29, 0.717) is 45.4 Å². The van der Waals surface area contributed by atoms with E-state index in [0.717, 1.165) is 44.2 Å². The van der Waals surface area contributed by atoms with E-state index < -0.39 is 29.6 Å². The molecular weight excluding hydrogens is 518 g/mol. The number of carbonyl (C=O) groups is 3. The molecule has 224 valence electrons. The number of likely N-dealkylation sites (tertiary alicyclic amines) is 1. The summed E-state index contributed by atoms with van der Waals surface area (Å²) >= 11 is 0. The Balaban J connectivity index is 1.67. The molecule has 1 aromatic rings. The zero-order valence-electron chi connectivity index (χ0n) is 24.6. The molecule has 2 unspecified atom stereocenters. The van der Waals surface area contributed by atoms with E-state index in [1.807, 2.05) is 35.2 Å². The van der Waals surface area contributed by atoms with Gasteiger partial charge in [-0.1, -0.05) is 63.0 Å². The molecule has 1 spiro atoms. The third kappa shape index (κ3) is 6.14. The zero-order valence-corrected chi connectivity index (χ0v) is 24.6. The monoisotopic (exact) mass is 565 g/mol. The molecule has 3 amide bonds. The van der Waals surface area contributed by atoms with Crippen molar-refractivity contribution in [3.63, 3.8) is 0 Å². The van der Waals surface area contributed by atoms with Crippen LogP contribution in [0.2, 0.25) is 0 Å². The normalized spacial score (nSPS) is 26.2. The van der Waals surface area contributed by atoms with Crippen molar-refractivity contribution in [3.05, 3.63) is 55.6 Å². The Morgan fingerprint density at radius 1 is 1.05 bits per heavy atom. The van der Waals surface area contributed by atoms with Crippen LogP contribution < -0.4 is 4.90 Å². The Labute approximate surface area is 245 Å². The molecule has 8 nitrogen and oxygen atoms in total. The first-order valence-electron chi connectivity index (χ1n) is 15.4. The van der Waals surface area contributed by atoms with Crippen molar-refractivity contribution >= 4 is 23.4 Å². The Morgan fingerprint density at radius 2 is 1.78 bits per heavy atom. The molecule has 5 atom stereocenters. The van der Waals surface area contributed by atoms with Crippen molar-refractivity contribution in [1.82, 2.24) is 9.80 Å². The van der Waals surface area contributed by atoms with E-state index in [1.165, 1.54) is 0 Å². The molecule has 3 heterocycles. The molecule has 0 aliphatic carbocycles. The van der Waals surface area contributed by atoms with Crippen LogP contribution in [0.4, 0.5) is 5.69 Å². The van der Waals surface area contributed by atoms with Gasteiger partial charge in [0.25, 0.3) is 0 Å². The van der Waals surface area contributed by atoms with E-state index in [2.05, 4.69) is 20.1 Å². The van der Waals surface area contributed by atoms with Gasteiger partial charge >= 0.3 is 0 Å². The number of anilines is 1. The number of carbonyl (C=O) groups excluding carboxylic acids is 3. The number of para-hydroxylation sites is 1. The van der Waals surface area contributed by atoms with Crippen molar-refractivity contribution in [2.45, 2.75) is 82.5 Å². The fourth-order valence-electron chi connectivity index (χ4n) is 7.11. The molecule has 3 aliphatic heterocycles. The first-order chi connectivity index (χ1) is 19.9. The van der Waals surface area contributed by atoms with E-state index in [1.54, 1.807) is 22.0 Å². The summed E-state index contributed by atoms with van der Waals surface area (Å²) in [4.78, 5) is 48.1.